The number of amides is 1. The number of hydrogen-bond acceptors (Lipinski definition) is 4. The van der Waals surface area contributed by atoms with Gasteiger partial charge in [-0.25, -0.2) is 0 Å². The predicted octanol–water partition coefficient (Wildman–Crippen LogP) is 0.554. The number of nitrogens with zero attached hydrogens (tertiary/aromatic N) is 1. The molecule has 3 rings (SSSR count). The van der Waals surface area contributed by atoms with Gasteiger partial charge in [-0.1, -0.05) is 0 Å². The van der Waals surface area contributed by atoms with Crippen LogP contribution in [0.3, 0.4) is 0 Å². The van der Waals surface area contributed by atoms with Crippen molar-refractivity contribution in [3.63, 3.8) is 0 Å². The van der Waals surface area contributed by atoms with Crippen molar-refractivity contribution < 1.29 is 19.4 Å². The van der Waals surface area contributed by atoms with E-state index in [-0.39, 0.29) is 29.6 Å². The predicted molar refractivity (Wildman–Crippen MR) is 68.6 cm³/mol. The summed E-state index contributed by atoms with van der Waals surface area (Å²) in [5.41, 5.74) is -0.184. The van der Waals surface area contributed by atoms with E-state index in [1.54, 1.807) is 7.11 Å². The lowest BCUT2D eigenvalue weighted by molar-refractivity contribution is -0.150. The fourth-order valence-corrected chi connectivity index (χ4v) is 3.57. The third-order valence-corrected chi connectivity index (χ3v) is 4.82. The molecule has 108 valence electrons. The van der Waals surface area contributed by atoms with Gasteiger partial charge in [-0.15, -0.1) is 0 Å². The molecule has 3 aliphatic rings. The highest BCUT2D eigenvalue weighted by Crippen LogP contribution is 2.37. The molecule has 1 saturated carbocycles. The van der Waals surface area contributed by atoms with Crippen LogP contribution in [0, 0.1) is 5.92 Å². The van der Waals surface area contributed by atoms with E-state index in [0.717, 1.165) is 25.8 Å². The van der Waals surface area contributed by atoms with Gasteiger partial charge in [0.25, 0.3) is 0 Å². The number of piperidine rings is 1. The Morgan fingerprint density at radius 2 is 2.26 bits per heavy atom. The fraction of sp³-hybridized carbons (Fsp3) is 0.929. The number of rotatable bonds is 2. The summed E-state index contributed by atoms with van der Waals surface area (Å²) >= 11 is 0. The van der Waals surface area contributed by atoms with Crippen LogP contribution in [0.1, 0.15) is 32.1 Å². The summed E-state index contributed by atoms with van der Waals surface area (Å²) in [6.45, 7) is 2.16. The molecule has 0 aromatic carbocycles. The van der Waals surface area contributed by atoms with E-state index in [1.165, 1.54) is 0 Å². The van der Waals surface area contributed by atoms with Crippen LogP contribution in [0.25, 0.3) is 0 Å². The van der Waals surface area contributed by atoms with Crippen LogP contribution in [-0.2, 0) is 14.3 Å². The second kappa shape index (κ2) is 5.04. The van der Waals surface area contributed by atoms with Crippen molar-refractivity contribution in [3.8, 4) is 0 Å². The Morgan fingerprint density at radius 3 is 2.89 bits per heavy atom. The summed E-state index contributed by atoms with van der Waals surface area (Å²) in [5.74, 6) is 0.235. The number of methoxy groups -OCH3 is 1. The maximum atomic E-state index is 12.3. The van der Waals surface area contributed by atoms with Crippen molar-refractivity contribution in [2.24, 2.45) is 5.92 Å². The lowest BCUT2D eigenvalue weighted by Gasteiger charge is -2.42. The summed E-state index contributed by atoms with van der Waals surface area (Å²) < 4.78 is 11.3. The molecule has 5 heteroatoms. The van der Waals surface area contributed by atoms with Crippen molar-refractivity contribution >= 4 is 5.91 Å². The first-order valence-electron chi connectivity index (χ1n) is 7.25. The molecule has 5 nitrogen and oxygen atoms in total. The molecule has 0 radical (unpaired) electrons. The monoisotopic (exact) mass is 269 g/mol. The Kier molecular flexibility index (Phi) is 3.53. The Morgan fingerprint density at radius 1 is 1.47 bits per heavy atom. The summed E-state index contributed by atoms with van der Waals surface area (Å²) in [4.78, 5) is 14.3. The first-order chi connectivity index (χ1) is 9.12. The molecular formula is C14H23NO4. The van der Waals surface area contributed by atoms with E-state index in [2.05, 4.69) is 0 Å². The molecular weight excluding hydrogens is 246 g/mol. The van der Waals surface area contributed by atoms with Crippen LogP contribution in [0.15, 0.2) is 0 Å². The second-order valence-corrected chi connectivity index (χ2v) is 6.24. The zero-order valence-electron chi connectivity index (χ0n) is 11.5. The molecule has 0 unspecified atom stereocenters. The topological polar surface area (TPSA) is 59.0 Å². The maximum absolute atomic E-state index is 12.3. The van der Waals surface area contributed by atoms with Gasteiger partial charge in [0.05, 0.1) is 24.4 Å². The molecule has 2 heterocycles. The SMILES string of the molecule is CO[C@@H]1CO[C@]2(CCCN(C(=O)C3CC(O)C3)C2)C1. The molecule has 1 N–H and O–H groups in total. The number of hydrogen-bond donors (Lipinski definition) is 1. The van der Waals surface area contributed by atoms with Crippen LogP contribution < -0.4 is 0 Å². The Balaban J connectivity index is 1.60. The molecule has 2 aliphatic heterocycles. The van der Waals surface area contributed by atoms with Gasteiger partial charge < -0.3 is 19.5 Å². The molecule has 2 atom stereocenters. The Hall–Kier alpha value is -0.650. The molecule has 1 spiro atoms. The van der Waals surface area contributed by atoms with Gasteiger partial charge in [0, 0.05) is 32.5 Å². The van der Waals surface area contributed by atoms with Gasteiger partial charge in [0.15, 0.2) is 0 Å². The number of aliphatic hydroxyl groups is 1. The molecule has 1 amide bonds. The van der Waals surface area contributed by atoms with Gasteiger partial charge >= 0.3 is 0 Å². The van der Waals surface area contributed by atoms with Gasteiger partial charge in [-0.05, 0) is 25.7 Å². The first-order valence-corrected chi connectivity index (χ1v) is 7.25. The molecule has 3 fully saturated rings. The van der Waals surface area contributed by atoms with Crippen molar-refractivity contribution in [1.29, 1.82) is 0 Å². The van der Waals surface area contributed by atoms with E-state index in [0.29, 0.717) is 26.0 Å². The van der Waals surface area contributed by atoms with Crippen LogP contribution in [0.2, 0.25) is 0 Å². The van der Waals surface area contributed by atoms with Gasteiger partial charge in [0.2, 0.25) is 5.91 Å². The number of aliphatic hydroxyl groups excluding tert-OH is 1. The summed E-state index contributed by atoms with van der Waals surface area (Å²) in [5, 5.41) is 9.33. The van der Waals surface area contributed by atoms with Crippen LogP contribution in [-0.4, -0.2) is 60.5 Å². The molecule has 1 aliphatic carbocycles. The average Bonchev–Trinajstić information content (AvgIpc) is 2.77. The maximum Gasteiger partial charge on any atom is 0.225 e. The number of carbonyl (C=O) groups excluding carboxylic acids is 1. The van der Waals surface area contributed by atoms with E-state index in [9.17, 15) is 9.90 Å². The summed E-state index contributed by atoms with van der Waals surface area (Å²) in [6.07, 6.45) is 4.06. The standard InChI is InChI=1S/C14H23NO4/c1-18-12-7-14(19-8-12)3-2-4-15(9-14)13(17)10-5-11(16)6-10/h10-12,16H,2-9H2,1H3/t10?,11?,12-,14+/m0/s1. The van der Waals surface area contributed by atoms with Crippen molar-refractivity contribution in [2.45, 2.75) is 49.9 Å². The minimum absolute atomic E-state index is 0.0322. The number of ether oxygens (including phenoxy) is 2. The fourth-order valence-electron chi connectivity index (χ4n) is 3.57. The van der Waals surface area contributed by atoms with E-state index in [4.69, 9.17) is 9.47 Å². The third kappa shape index (κ3) is 2.51. The molecule has 19 heavy (non-hydrogen) atoms. The summed E-state index contributed by atoms with van der Waals surface area (Å²) in [6, 6.07) is 0. The van der Waals surface area contributed by atoms with Crippen molar-refractivity contribution in [1.82, 2.24) is 4.90 Å². The lowest BCUT2D eigenvalue weighted by atomic mass is 9.80. The minimum Gasteiger partial charge on any atom is -0.393 e. The number of carbonyl (C=O) groups is 1. The molecule has 0 aromatic rings. The highest BCUT2D eigenvalue weighted by atomic mass is 16.6. The highest BCUT2D eigenvalue weighted by Gasteiger charge is 2.46. The van der Waals surface area contributed by atoms with Gasteiger partial charge in [0.1, 0.15) is 0 Å². The summed E-state index contributed by atoms with van der Waals surface area (Å²) in [7, 11) is 1.72. The zero-order valence-corrected chi connectivity index (χ0v) is 11.5. The van der Waals surface area contributed by atoms with Crippen LogP contribution in [0.5, 0.6) is 0 Å². The van der Waals surface area contributed by atoms with Crippen molar-refractivity contribution in [3.05, 3.63) is 0 Å². The molecule has 2 saturated heterocycles. The van der Waals surface area contributed by atoms with Crippen LogP contribution in [0.4, 0.5) is 0 Å². The minimum atomic E-state index is -0.270. The quantitative estimate of drug-likeness (QED) is 0.795. The number of likely N-dealkylation sites (tertiary alicyclic amines) is 1. The molecule has 0 aromatic heterocycles. The van der Waals surface area contributed by atoms with Crippen LogP contribution >= 0.6 is 0 Å². The average molecular weight is 269 g/mol. The first kappa shape index (κ1) is 13.3. The van der Waals surface area contributed by atoms with E-state index >= 15 is 0 Å². The Bertz CT molecular complexity index is 355. The Labute approximate surface area is 113 Å². The van der Waals surface area contributed by atoms with E-state index in [1.807, 2.05) is 4.90 Å². The van der Waals surface area contributed by atoms with E-state index < -0.39 is 0 Å². The van der Waals surface area contributed by atoms with Gasteiger partial charge in [-0.2, -0.15) is 0 Å². The zero-order chi connectivity index (χ0) is 13.5. The largest absolute Gasteiger partial charge is 0.393 e. The van der Waals surface area contributed by atoms with Crippen molar-refractivity contribution in [2.75, 3.05) is 26.8 Å². The lowest BCUT2D eigenvalue weighted by Crippen LogP contribution is -2.53. The third-order valence-electron chi connectivity index (χ3n) is 4.82. The van der Waals surface area contributed by atoms with Gasteiger partial charge in [-0.3, -0.25) is 4.79 Å². The molecule has 0 bridgehead atoms. The highest BCUT2D eigenvalue weighted by molar-refractivity contribution is 5.80. The second-order valence-electron chi connectivity index (χ2n) is 6.24. The smallest absolute Gasteiger partial charge is 0.225 e. The normalized spacial score (nSPS) is 42.4.